The van der Waals surface area contributed by atoms with Crippen molar-refractivity contribution < 1.29 is 22.7 Å². The number of aryl methyl sites for hydroxylation is 1. The molecule has 0 amide bonds. The largest absolute Gasteiger partial charge is 0.478 e. The quantitative estimate of drug-likeness (QED) is 0.924. The molecule has 1 aliphatic carbocycles. The molecule has 5 nitrogen and oxygen atoms in total. The van der Waals surface area contributed by atoms with Crippen molar-refractivity contribution in [2.24, 2.45) is 5.92 Å². The van der Waals surface area contributed by atoms with Crippen molar-refractivity contribution in [2.75, 3.05) is 0 Å². The smallest absolute Gasteiger partial charge is 0.339 e. The van der Waals surface area contributed by atoms with E-state index >= 15 is 0 Å². The van der Waals surface area contributed by atoms with Crippen molar-refractivity contribution in [2.45, 2.75) is 50.5 Å². The van der Waals surface area contributed by atoms with Crippen molar-refractivity contribution in [3.05, 3.63) is 23.2 Å². The average molecular weight is 300 g/mol. The highest BCUT2D eigenvalue weighted by Gasteiger charge is 2.31. The number of rotatable bonds is 4. The Morgan fingerprint density at radius 2 is 2.15 bits per heavy atom. The second-order valence-electron chi connectivity index (χ2n) is 5.69. The van der Waals surface area contributed by atoms with Gasteiger partial charge in [-0.1, -0.05) is 19.8 Å². The van der Waals surface area contributed by atoms with E-state index in [1.54, 1.807) is 0 Å². The van der Waals surface area contributed by atoms with Gasteiger partial charge in [-0.15, -0.1) is 0 Å². The van der Waals surface area contributed by atoms with Gasteiger partial charge in [0, 0.05) is 0 Å². The van der Waals surface area contributed by atoms with Gasteiger partial charge in [0.05, 0.1) is 5.25 Å². The van der Waals surface area contributed by atoms with E-state index in [-0.39, 0.29) is 28.1 Å². The van der Waals surface area contributed by atoms with Gasteiger partial charge < -0.3 is 9.52 Å². The maximum atomic E-state index is 12.4. The lowest BCUT2D eigenvalue weighted by Crippen LogP contribution is -2.28. The fraction of sp³-hybridized carbons (Fsp3) is 0.643. The standard InChI is InChI=1S/C14H20O5S/c1-9-4-3-5-12(6-9)20(17,18)8-11-7-13(14(15)16)10(2)19-11/h7,9,12H,3-6,8H2,1-2H3,(H,15,16). The first kappa shape index (κ1) is 15.1. The molecule has 0 aliphatic heterocycles. The first-order chi connectivity index (χ1) is 9.29. The van der Waals surface area contributed by atoms with Gasteiger partial charge in [0.1, 0.15) is 22.8 Å². The Morgan fingerprint density at radius 3 is 2.70 bits per heavy atom. The summed E-state index contributed by atoms with van der Waals surface area (Å²) >= 11 is 0. The normalized spacial score (nSPS) is 23.7. The molecule has 1 aromatic rings. The van der Waals surface area contributed by atoms with E-state index in [4.69, 9.17) is 9.52 Å². The zero-order valence-electron chi connectivity index (χ0n) is 11.8. The van der Waals surface area contributed by atoms with Gasteiger partial charge in [0.25, 0.3) is 0 Å². The highest BCUT2D eigenvalue weighted by atomic mass is 32.2. The summed E-state index contributed by atoms with van der Waals surface area (Å²) in [6.07, 6.45) is 3.39. The SMILES string of the molecule is Cc1oc(CS(=O)(=O)C2CCCC(C)C2)cc1C(=O)O. The van der Waals surface area contributed by atoms with Crippen molar-refractivity contribution in [3.8, 4) is 0 Å². The predicted octanol–water partition coefficient (Wildman–Crippen LogP) is 2.78. The third-order valence-corrected chi connectivity index (χ3v) is 6.07. The second-order valence-corrected chi connectivity index (χ2v) is 7.97. The molecule has 0 spiro atoms. The van der Waals surface area contributed by atoms with Crippen LogP contribution in [0.5, 0.6) is 0 Å². The topological polar surface area (TPSA) is 84.6 Å². The monoisotopic (exact) mass is 300 g/mol. The minimum atomic E-state index is -3.29. The highest BCUT2D eigenvalue weighted by Crippen LogP contribution is 2.30. The number of hydrogen-bond donors (Lipinski definition) is 1. The summed E-state index contributed by atoms with van der Waals surface area (Å²) in [6.45, 7) is 3.60. The van der Waals surface area contributed by atoms with E-state index in [1.165, 1.54) is 13.0 Å². The van der Waals surface area contributed by atoms with Crippen LogP contribution < -0.4 is 0 Å². The molecule has 2 atom stereocenters. The number of aromatic carboxylic acids is 1. The van der Waals surface area contributed by atoms with Gasteiger partial charge in [-0.2, -0.15) is 0 Å². The van der Waals surface area contributed by atoms with Crippen LogP contribution in [-0.4, -0.2) is 24.7 Å². The first-order valence-electron chi connectivity index (χ1n) is 6.83. The zero-order valence-corrected chi connectivity index (χ0v) is 12.6. The van der Waals surface area contributed by atoms with Crippen LogP contribution in [0.25, 0.3) is 0 Å². The van der Waals surface area contributed by atoms with Gasteiger partial charge in [0.15, 0.2) is 9.84 Å². The summed E-state index contributed by atoms with van der Waals surface area (Å²) in [5.74, 6) is -0.408. The van der Waals surface area contributed by atoms with E-state index < -0.39 is 15.8 Å². The van der Waals surface area contributed by atoms with Crippen LogP contribution in [0.1, 0.15) is 54.5 Å². The van der Waals surface area contributed by atoms with Crippen LogP contribution in [0, 0.1) is 12.8 Å². The van der Waals surface area contributed by atoms with Crippen LogP contribution in [0.4, 0.5) is 0 Å². The number of carboxylic acids is 1. The second kappa shape index (κ2) is 5.60. The van der Waals surface area contributed by atoms with Crippen LogP contribution >= 0.6 is 0 Å². The van der Waals surface area contributed by atoms with Crippen molar-refractivity contribution in [3.63, 3.8) is 0 Å². The summed E-state index contributed by atoms with van der Waals surface area (Å²) in [5.41, 5.74) is 0.0345. The Hall–Kier alpha value is -1.30. The van der Waals surface area contributed by atoms with Crippen molar-refractivity contribution >= 4 is 15.8 Å². The molecule has 1 heterocycles. The van der Waals surface area contributed by atoms with Gasteiger partial charge in [-0.25, -0.2) is 13.2 Å². The molecule has 1 saturated carbocycles. The van der Waals surface area contributed by atoms with Crippen LogP contribution in [0.15, 0.2) is 10.5 Å². The minimum absolute atomic E-state index is 0.0345. The Balaban J connectivity index is 2.15. The summed E-state index contributed by atoms with van der Waals surface area (Å²) in [5, 5.41) is 8.62. The Morgan fingerprint density at radius 1 is 1.45 bits per heavy atom. The summed E-state index contributed by atoms with van der Waals surface area (Å²) in [7, 11) is -3.29. The molecule has 6 heteroatoms. The van der Waals surface area contributed by atoms with Crippen molar-refractivity contribution in [1.29, 1.82) is 0 Å². The maximum Gasteiger partial charge on any atom is 0.339 e. The molecule has 112 valence electrons. The molecule has 1 N–H and O–H groups in total. The predicted molar refractivity (Wildman–Crippen MR) is 74.4 cm³/mol. The Bertz CT molecular complexity index is 599. The number of carboxylic acid groups (broad SMARTS) is 1. The lowest BCUT2D eigenvalue weighted by molar-refractivity contribution is 0.0695. The summed E-state index contributed by atoms with van der Waals surface area (Å²) in [6, 6.07) is 1.32. The minimum Gasteiger partial charge on any atom is -0.478 e. The van der Waals surface area contributed by atoms with Gasteiger partial charge in [-0.3, -0.25) is 0 Å². The molecule has 1 aromatic heterocycles. The molecule has 0 radical (unpaired) electrons. The molecular formula is C14H20O5S. The molecular weight excluding hydrogens is 280 g/mol. The average Bonchev–Trinajstić information content (AvgIpc) is 2.69. The van der Waals surface area contributed by atoms with Gasteiger partial charge >= 0.3 is 5.97 Å². The molecule has 1 aliphatic rings. The fourth-order valence-electron chi connectivity index (χ4n) is 2.85. The van der Waals surface area contributed by atoms with E-state index in [0.717, 1.165) is 12.8 Å². The molecule has 2 unspecified atom stereocenters. The van der Waals surface area contributed by atoms with E-state index in [9.17, 15) is 13.2 Å². The maximum absolute atomic E-state index is 12.4. The van der Waals surface area contributed by atoms with Crippen LogP contribution in [-0.2, 0) is 15.6 Å². The Labute approximate surface area is 118 Å². The molecule has 2 rings (SSSR count). The lowest BCUT2D eigenvalue weighted by atomic mass is 9.91. The molecule has 20 heavy (non-hydrogen) atoms. The molecule has 1 fully saturated rings. The molecule has 0 saturated heterocycles. The zero-order chi connectivity index (χ0) is 14.9. The number of furan rings is 1. The Kier molecular flexibility index (Phi) is 4.22. The fourth-order valence-corrected chi connectivity index (χ4v) is 4.77. The number of carbonyl (C=O) groups is 1. The van der Waals surface area contributed by atoms with E-state index in [0.29, 0.717) is 18.8 Å². The lowest BCUT2D eigenvalue weighted by Gasteiger charge is -2.26. The third kappa shape index (κ3) is 3.23. The molecule has 0 aromatic carbocycles. The van der Waals surface area contributed by atoms with Gasteiger partial charge in [-0.05, 0) is 31.7 Å². The summed E-state index contributed by atoms with van der Waals surface area (Å²) < 4.78 is 30.0. The van der Waals surface area contributed by atoms with Crippen molar-refractivity contribution in [1.82, 2.24) is 0 Å². The first-order valence-corrected chi connectivity index (χ1v) is 8.55. The van der Waals surface area contributed by atoms with Gasteiger partial charge in [0.2, 0.25) is 0 Å². The van der Waals surface area contributed by atoms with Crippen LogP contribution in [0.2, 0.25) is 0 Å². The van der Waals surface area contributed by atoms with Crippen LogP contribution in [0.3, 0.4) is 0 Å². The number of sulfone groups is 1. The highest BCUT2D eigenvalue weighted by molar-refractivity contribution is 7.91. The van der Waals surface area contributed by atoms with E-state index in [1.807, 2.05) is 0 Å². The van der Waals surface area contributed by atoms with E-state index in [2.05, 4.69) is 6.92 Å². The summed E-state index contributed by atoms with van der Waals surface area (Å²) in [4.78, 5) is 10.9. The number of hydrogen-bond acceptors (Lipinski definition) is 4. The third-order valence-electron chi connectivity index (χ3n) is 3.94. The molecule has 0 bridgehead atoms.